The first-order valence-corrected chi connectivity index (χ1v) is 12.4. The van der Waals surface area contributed by atoms with Gasteiger partial charge in [-0.3, -0.25) is 0 Å². The third-order valence-electron chi connectivity index (χ3n) is 4.42. The van der Waals surface area contributed by atoms with E-state index in [4.69, 9.17) is 21.1 Å². The van der Waals surface area contributed by atoms with Crippen LogP contribution < -0.4 is 9.92 Å². The average molecular weight is 361 g/mol. The highest BCUT2D eigenvalue weighted by Crippen LogP contribution is 2.22. The summed E-state index contributed by atoms with van der Waals surface area (Å²) in [6.07, 6.45) is 2.02. The first kappa shape index (κ1) is 17.5. The molecule has 0 unspecified atom stereocenters. The zero-order valence-corrected chi connectivity index (χ0v) is 16.4. The molecule has 1 atom stereocenters. The third-order valence-corrected chi connectivity index (χ3v) is 6.83. The fourth-order valence-corrected chi connectivity index (χ4v) is 4.26. The molecule has 1 aliphatic heterocycles. The van der Waals surface area contributed by atoms with Crippen molar-refractivity contribution < 1.29 is 9.47 Å². The van der Waals surface area contributed by atoms with Crippen LogP contribution in [0.4, 0.5) is 0 Å². The largest absolute Gasteiger partial charge is 0.488 e. The van der Waals surface area contributed by atoms with Gasteiger partial charge in [0.15, 0.2) is 0 Å². The molecule has 0 spiro atoms. The van der Waals surface area contributed by atoms with E-state index < -0.39 is 8.07 Å². The van der Waals surface area contributed by atoms with E-state index >= 15 is 0 Å². The lowest BCUT2D eigenvalue weighted by atomic mass is 10.0. The van der Waals surface area contributed by atoms with Crippen LogP contribution in [-0.2, 0) is 11.2 Å². The zero-order chi connectivity index (χ0) is 17.2. The van der Waals surface area contributed by atoms with Gasteiger partial charge in [0.2, 0.25) is 0 Å². The second-order valence-electron chi connectivity index (χ2n) is 7.48. The Bertz CT molecular complexity index is 686. The molecule has 1 saturated heterocycles. The van der Waals surface area contributed by atoms with Crippen molar-refractivity contribution in [3.05, 3.63) is 58.6 Å². The highest BCUT2D eigenvalue weighted by Gasteiger charge is 2.18. The molecule has 2 aromatic carbocycles. The van der Waals surface area contributed by atoms with Gasteiger partial charge in [-0.15, -0.1) is 0 Å². The van der Waals surface area contributed by atoms with Crippen molar-refractivity contribution in [3.8, 4) is 5.75 Å². The van der Waals surface area contributed by atoms with E-state index in [2.05, 4.69) is 43.9 Å². The summed E-state index contributed by atoms with van der Waals surface area (Å²) in [5.41, 5.74) is 2.45. The Labute approximate surface area is 150 Å². The van der Waals surface area contributed by atoms with Crippen LogP contribution in [0.5, 0.6) is 5.75 Å². The van der Waals surface area contributed by atoms with Crippen LogP contribution in [-0.4, -0.2) is 27.4 Å². The molecule has 1 fully saturated rings. The summed E-state index contributed by atoms with van der Waals surface area (Å²) >= 11 is 6.42. The molecule has 0 amide bonds. The first-order chi connectivity index (χ1) is 11.4. The maximum atomic E-state index is 6.42. The normalized spacial score (nSPS) is 17.9. The van der Waals surface area contributed by atoms with Crippen LogP contribution in [0.1, 0.15) is 17.5 Å². The highest BCUT2D eigenvalue weighted by molar-refractivity contribution is 6.88. The van der Waals surface area contributed by atoms with Gasteiger partial charge in [0.1, 0.15) is 11.9 Å². The van der Waals surface area contributed by atoms with Crippen molar-refractivity contribution in [3.63, 3.8) is 0 Å². The van der Waals surface area contributed by atoms with Crippen LogP contribution in [0.15, 0.2) is 42.5 Å². The van der Waals surface area contributed by atoms with Crippen molar-refractivity contribution >= 4 is 24.9 Å². The zero-order valence-electron chi connectivity index (χ0n) is 14.6. The predicted octanol–water partition coefficient (Wildman–Crippen LogP) is 4.64. The lowest BCUT2D eigenvalue weighted by molar-refractivity contribution is 0.141. The lowest BCUT2D eigenvalue weighted by Gasteiger charge is -2.18. The Balaban J connectivity index is 1.71. The van der Waals surface area contributed by atoms with Crippen LogP contribution in [0.25, 0.3) is 0 Å². The van der Waals surface area contributed by atoms with Gasteiger partial charge in [0.25, 0.3) is 0 Å². The topological polar surface area (TPSA) is 18.5 Å². The minimum atomic E-state index is -1.33. The van der Waals surface area contributed by atoms with Crippen molar-refractivity contribution in [2.24, 2.45) is 0 Å². The smallest absolute Gasteiger partial charge is 0.124 e. The minimum absolute atomic E-state index is 0.193. The number of halogens is 1. The molecule has 0 N–H and O–H groups in total. The summed E-state index contributed by atoms with van der Waals surface area (Å²) in [4.78, 5) is 0. The quantitative estimate of drug-likeness (QED) is 0.723. The molecule has 2 aromatic rings. The molecule has 0 aromatic heterocycles. The summed E-state index contributed by atoms with van der Waals surface area (Å²) in [6, 6.07) is 14.9. The Morgan fingerprint density at radius 1 is 1.12 bits per heavy atom. The summed E-state index contributed by atoms with van der Waals surface area (Å²) in [7, 11) is -1.33. The number of rotatable bonds is 5. The van der Waals surface area contributed by atoms with Gasteiger partial charge >= 0.3 is 0 Å². The standard InChI is InChI=1S/C20H25ClO2Si/c1-24(2,3)19-8-9-20(21)16(13-19)12-15-4-6-17(7-5-15)23-18-10-11-22-14-18/h4-9,13,18H,10-12,14H2,1-3H3/t18-/m0/s1. The van der Waals surface area contributed by atoms with E-state index in [9.17, 15) is 0 Å². The number of hydrogen-bond donors (Lipinski definition) is 0. The number of hydrogen-bond acceptors (Lipinski definition) is 2. The molecule has 0 saturated carbocycles. The fourth-order valence-electron chi connectivity index (χ4n) is 2.88. The molecule has 1 heterocycles. The van der Waals surface area contributed by atoms with E-state index in [1.165, 1.54) is 16.3 Å². The van der Waals surface area contributed by atoms with Crippen molar-refractivity contribution in [1.29, 1.82) is 0 Å². The maximum absolute atomic E-state index is 6.42. The van der Waals surface area contributed by atoms with Crippen LogP contribution >= 0.6 is 11.6 Å². The molecular weight excluding hydrogens is 336 g/mol. The molecule has 0 radical (unpaired) electrons. The Morgan fingerprint density at radius 2 is 1.88 bits per heavy atom. The minimum Gasteiger partial charge on any atom is -0.488 e. The van der Waals surface area contributed by atoms with E-state index in [0.717, 1.165) is 30.2 Å². The van der Waals surface area contributed by atoms with Crippen molar-refractivity contribution in [2.45, 2.75) is 38.6 Å². The van der Waals surface area contributed by atoms with Gasteiger partial charge < -0.3 is 9.47 Å². The first-order valence-electron chi connectivity index (χ1n) is 8.54. The summed E-state index contributed by atoms with van der Waals surface area (Å²) in [5, 5.41) is 2.29. The Hall–Kier alpha value is -1.29. The molecular formula is C20H25ClO2Si. The van der Waals surface area contributed by atoms with E-state index in [0.29, 0.717) is 6.61 Å². The van der Waals surface area contributed by atoms with Crippen molar-refractivity contribution in [1.82, 2.24) is 0 Å². The highest BCUT2D eigenvalue weighted by atomic mass is 35.5. The third kappa shape index (κ3) is 4.41. The molecule has 1 aliphatic rings. The SMILES string of the molecule is C[Si](C)(C)c1ccc(Cl)c(Cc2ccc(O[C@H]3CCOC3)cc2)c1. The number of ether oxygens (including phenoxy) is 2. The van der Waals surface area contributed by atoms with E-state index in [-0.39, 0.29) is 6.10 Å². The molecule has 2 nitrogen and oxygen atoms in total. The van der Waals surface area contributed by atoms with Gasteiger partial charge in [0, 0.05) is 11.4 Å². The second kappa shape index (κ2) is 7.30. The summed E-state index contributed by atoms with van der Waals surface area (Å²) in [5.74, 6) is 0.913. The van der Waals surface area contributed by atoms with E-state index in [1.54, 1.807) is 0 Å². The summed E-state index contributed by atoms with van der Waals surface area (Å²) in [6.45, 7) is 8.58. The maximum Gasteiger partial charge on any atom is 0.124 e. The van der Waals surface area contributed by atoms with E-state index in [1.807, 2.05) is 18.2 Å². The molecule has 3 rings (SSSR count). The monoisotopic (exact) mass is 360 g/mol. The Kier molecular flexibility index (Phi) is 5.33. The van der Waals surface area contributed by atoms with Gasteiger partial charge in [-0.05, 0) is 35.7 Å². The predicted molar refractivity (Wildman–Crippen MR) is 104 cm³/mol. The molecule has 24 heavy (non-hydrogen) atoms. The van der Waals surface area contributed by atoms with Gasteiger partial charge in [0.05, 0.1) is 21.3 Å². The van der Waals surface area contributed by atoms with Crippen LogP contribution in [0.3, 0.4) is 0 Å². The van der Waals surface area contributed by atoms with Gasteiger partial charge in [-0.2, -0.15) is 0 Å². The van der Waals surface area contributed by atoms with Crippen LogP contribution in [0, 0.1) is 0 Å². The average Bonchev–Trinajstić information content (AvgIpc) is 3.03. The molecule has 4 heteroatoms. The van der Waals surface area contributed by atoms with Gasteiger partial charge in [-0.25, -0.2) is 0 Å². The Morgan fingerprint density at radius 3 is 2.50 bits per heavy atom. The van der Waals surface area contributed by atoms with Crippen LogP contribution in [0.2, 0.25) is 24.7 Å². The molecule has 0 aliphatic carbocycles. The lowest BCUT2D eigenvalue weighted by Crippen LogP contribution is -2.37. The van der Waals surface area contributed by atoms with Crippen molar-refractivity contribution in [2.75, 3.05) is 13.2 Å². The fraction of sp³-hybridized carbons (Fsp3) is 0.400. The number of benzene rings is 2. The second-order valence-corrected chi connectivity index (χ2v) is 13.0. The molecule has 0 bridgehead atoms. The molecule has 128 valence electrons. The summed E-state index contributed by atoms with van der Waals surface area (Å²) < 4.78 is 11.3. The van der Waals surface area contributed by atoms with Gasteiger partial charge in [-0.1, -0.05) is 60.7 Å².